The molecule has 1 aliphatic rings. The van der Waals surface area contributed by atoms with Gasteiger partial charge in [-0.25, -0.2) is 13.1 Å². The van der Waals surface area contributed by atoms with Crippen LogP contribution in [0.5, 0.6) is 0 Å². The summed E-state index contributed by atoms with van der Waals surface area (Å²) in [5.41, 5.74) is 0.643. The molecule has 1 fully saturated rings. The Balaban J connectivity index is 2.14. The number of hydrogen-bond acceptors (Lipinski definition) is 4. The lowest BCUT2D eigenvalue weighted by molar-refractivity contribution is 0.282. The minimum absolute atomic E-state index is 0.0923. The highest BCUT2D eigenvalue weighted by Gasteiger charge is 2.36. The lowest BCUT2D eigenvalue weighted by Crippen LogP contribution is -2.26. The van der Waals surface area contributed by atoms with Crippen LogP contribution in [0.3, 0.4) is 0 Å². The van der Waals surface area contributed by atoms with Crippen LogP contribution in [0.1, 0.15) is 18.9 Å². The summed E-state index contributed by atoms with van der Waals surface area (Å²) in [6, 6.07) is 1.61. The number of thiophene rings is 1. The predicted molar refractivity (Wildman–Crippen MR) is 58.1 cm³/mol. The third-order valence-corrected chi connectivity index (χ3v) is 5.47. The van der Waals surface area contributed by atoms with E-state index >= 15 is 0 Å². The van der Waals surface area contributed by atoms with Crippen molar-refractivity contribution in [3.63, 3.8) is 0 Å². The molecular weight excluding hydrogens is 234 g/mol. The molecular formula is C9H13NO3S2. The normalized spacial score (nSPS) is 25.5. The number of sulfonamides is 1. The van der Waals surface area contributed by atoms with E-state index in [1.807, 2.05) is 6.92 Å². The predicted octanol–water partition coefficient (Wildman–Crippen LogP) is 0.927. The Bertz CT molecular complexity index is 452. The molecule has 1 saturated carbocycles. The highest BCUT2D eigenvalue weighted by atomic mass is 32.2. The van der Waals surface area contributed by atoms with Crippen LogP contribution in [0.4, 0.5) is 0 Å². The maximum absolute atomic E-state index is 11.8. The molecule has 6 heteroatoms. The lowest BCUT2D eigenvalue weighted by Gasteiger charge is -2.02. The van der Waals surface area contributed by atoms with Crippen molar-refractivity contribution in [1.29, 1.82) is 0 Å². The Kier molecular flexibility index (Phi) is 2.85. The molecule has 84 valence electrons. The molecule has 0 aliphatic heterocycles. The van der Waals surface area contributed by atoms with Gasteiger partial charge in [-0.2, -0.15) is 0 Å². The third-order valence-electron chi connectivity index (χ3n) is 2.49. The Morgan fingerprint density at radius 2 is 2.33 bits per heavy atom. The average Bonchev–Trinajstić information content (AvgIpc) is 2.72. The molecule has 2 atom stereocenters. The van der Waals surface area contributed by atoms with E-state index in [0.29, 0.717) is 11.5 Å². The van der Waals surface area contributed by atoms with Gasteiger partial charge in [-0.15, -0.1) is 11.3 Å². The minimum atomic E-state index is -3.36. The maximum atomic E-state index is 11.8. The molecule has 15 heavy (non-hydrogen) atoms. The molecule has 0 radical (unpaired) electrons. The molecule has 1 aromatic heterocycles. The topological polar surface area (TPSA) is 66.4 Å². The first-order valence-corrected chi connectivity index (χ1v) is 7.10. The molecule has 2 unspecified atom stereocenters. The van der Waals surface area contributed by atoms with Crippen LogP contribution < -0.4 is 4.72 Å². The smallest absolute Gasteiger partial charge is 0.250 e. The Morgan fingerprint density at radius 3 is 2.80 bits per heavy atom. The van der Waals surface area contributed by atoms with E-state index in [9.17, 15) is 8.42 Å². The van der Waals surface area contributed by atoms with Gasteiger partial charge in [0, 0.05) is 6.04 Å². The molecule has 2 rings (SSSR count). The van der Waals surface area contributed by atoms with Crippen LogP contribution in [-0.2, 0) is 16.6 Å². The van der Waals surface area contributed by atoms with Gasteiger partial charge < -0.3 is 5.11 Å². The van der Waals surface area contributed by atoms with Crippen LogP contribution in [0, 0.1) is 5.92 Å². The molecule has 0 bridgehead atoms. The van der Waals surface area contributed by atoms with Gasteiger partial charge in [0.2, 0.25) is 10.0 Å². The fraction of sp³-hybridized carbons (Fsp3) is 0.556. The number of nitrogens with one attached hydrogen (secondary N) is 1. The van der Waals surface area contributed by atoms with Gasteiger partial charge in [-0.1, -0.05) is 6.92 Å². The molecule has 1 heterocycles. The lowest BCUT2D eigenvalue weighted by atomic mass is 10.4. The third kappa shape index (κ3) is 2.39. The number of aliphatic hydroxyl groups is 1. The summed E-state index contributed by atoms with van der Waals surface area (Å²) < 4.78 is 26.5. The van der Waals surface area contributed by atoms with Crippen molar-refractivity contribution >= 4 is 21.4 Å². The molecule has 4 nitrogen and oxygen atoms in total. The van der Waals surface area contributed by atoms with E-state index < -0.39 is 10.0 Å². The van der Waals surface area contributed by atoms with E-state index in [2.05, 4.69) is 4.72 Å². The van der Waals surface area contributed by atoms with Gasteiger partial charge in [0.1, 0.15) is 4.21 Å². The minimum Gasteiger partial charge on any atom is -0.392 e. The zero-order valence-corrected chi connectivity index (χ0v) is 9.94. The Hall–Kier alpha value is -0.430. The second-order valence-electron chi connectivity index (χ2n) is 3.87. The monoisotopic (exact) mass is 247 g/mol. The Labute approximate surface area is 93.0 Å². The van der Waals surface area contributed by atoms with Crippen molar-refractivity contribution in [2.75, 3.05) is 0 Å². The van der Waals surface area contributed by atoms with Crippen molar-refractivity contribution < 1.29 is 13.5 Å². The average molecular weight is 247 g/mol. The van der Waals surface area contributed by atoms with Crippen molar-refractivity contribution in [1.82, 2.24) is 4.72 Å². The van der Waals surface area contributed by atoms with Crippen LogP contribution in [0.25, 0.3) is 0 Å². The molecule has 1 aromatic rings. The van der Waals surface area contributed by atoms with Crippen molar-refractivity contribution in [3.8, 4) is 0 Å². The molecule has 0 aromatic carbocycles. The highest BCUT2D eigenvalue weighted by molar-refractivity contribution is 7.91. The van der Waals surface area contributed by atoms with Crippen LogP contribution in [0.2, 0.25) is 0 Å². The van der Waals surface area contributed by atoms with Gasteiger partial charge in [-0.05, 0) is 29.3 Å². The molecule has 0 spiro atoms. The second kappa shape index (κ2) is 3.86. The van der Waals surface area contributed by atoms with E-state index in [0.717, 1.165) is 17.8 Å². The first kappa shape index (κ1) is 11.1. The zero-order valence-electron chi connectivity index (χ0n) is 8.30. The SMILES string of the molecule is CC1CC1NS(=O)(=O)c1cc(CO)cs1. The second-order valence-corrected chi connectivity index (χ2v) is 6.72. The molecule has 0 amide bonds. The maximum Gasteiger partial charge on any atom is 0.250 e. The fourth-order valence-corrected chi connectivity index (χ4v) is 3.90. The first-order valence-electron chi connectivity index (χ1n) is 4.73. The van der Waals surface area contributed by atoms with E-state index in [4.69, 9.17) is 5.11 Å². The zero-order chi connectivity index (χ0) is 11.1. The van der Waals surface area contributed by atoms with Crippen molar-refractivity contribution in [3.05, 3.63) is 17.0 Å². The highest BCUT2D eigenvalue weighted by Crippen LogP contribution is 2.31. The standard InChI is InChI=1S/C9H13NO3S2/c1-6-2-8(6)10-15(12,13)9-3-7(4-11)5-14-9/h3,5-6,8,10-11H,2,4H2,1H3. The first-order chi connectivity index (χ1) is 7.03. The largest absolute Gasteiger partial charge is 0.392 e. The van der Waals surface area contributed by atoms with Crippen molar-refractivity contribution in [2.24, 2.45) is 5.92 Å². The quantitative estimate of drug-likeness (QED) is 0.831. The summed E-state index contributed by atoms with van der Waals surface area (Å²) in [6.07, 6.45) is 0.914. The van der Waals surface area contributed by atoms with Gasteiger partial charge in [-0.3, -0.25) is 0 Å². The van der Waals surface area contributed by atoms with Crippen LogP contribution in [-0.4, -0.2) is 19.6 Å². The molecule has 2 N–H and O–H groups in total. The van der Waals surface area contributed by atoms with E-state index in [1.165, 1.54) is 6.07 Å². The summed E-state index contributed by atoms with van der Waals surface area (Å²) in [7, 11) is -3.36. The number of hydrogen-bond donors (Lipinski definition) is 2. The van der Waals surface area contributed by atoms with Crippen LogP contribution in [0.15, 0.2) is 15.7 Å². The van der Waals surface area contributed by atoms with Crippen molar-refractivity contribution in [2.45, 2.75) is 30.2 Å². The number of aliphatic hydroxyl groups excluding tert-OH is 1. The van der Waals surface area contributed by atoms with Crippen LogP contribution >= 0.6 is 11.3 Å². The van der Waals surface area contributed by atoms with E-state index in [-0.39, 0.29) is 16.9 Å². The molecule has 0 saturated heterocycles. The van der Waals surface area contributed by atoms with Gasteiger partial charge in [0.25, 0.3) is 0 Å². The summed E-state index contributed by atoms with van der Waals surface area (Å²) in [5, 5.41) is 10.5. The van der Waals surface area contributed by atoms with Gasteiger partial charge in [0.15, 0.2) is 0 Å². The fourth-order valence-electron chi connectivity index (χ4n) is 1.32. The number of rotatable bonds is 4. The summed E-state index contributed by atoms with van der Waals surface area (Å²) in [5.74, 6) is 0.442. The van der Waals surface area contributed by atoms with E-state index in [1.54, 1.807) is 5.38 Å². The van der Waals surface area contributed by atoms with Gasteiger partial charge in [0.05, 0.1) is 6.61 Å². The Morgan fingerprint density at radius 1 is 1.67 bits per heavy atom. The summed E-state index contributed by atoms with van der Waals surface area (Å²) in [4.78, 5) is 0. The van der Waals surface area contributed by atoms with Gasteiger partial charge >= 0.3 is 0 Å². The summed E-state index contributed by atoms with van der Waals surface area (Å²) >= 11 is 1.14. The molecule has 1 aliphatic carbocycles. The summed E-state index contributed by atoms with van der Waals surface area (Å²) in [6.45, 7) is 1.90.